The van der Waals surface area contributed by atoms with Crippen molar-refractivity contribution in [2.24, 2.45) is 5.92 Å². The lowest BCUT2D eigenvalue weighted by Gasteiger charge is -2.08. The second-order valence-electron chi connectivity index (χ2n) is 3.40. The molecule has 0 unspecified atom stereocenters. The van der Waals surface area contributed by atoms with E-state index in [9.17, 15) is 0 Å². The lowest BCUT2D eigenvalue weighted by Crippen LogP contribution is -2.34. The molecule has 0 aromatic carbocycles. The fraction of sp³-hybridized carbons (Fsp3) is 0.500. The Balaban J connectivity index is 2.91. The highest BCUT2D eigenvalue weighted by Gasteiger charge is 2.17. The summed E-state index contributed by atoms with van der Waals surface area (Å²) in [5.74, 6) is 0.437. The van der Waals surface area contributed by atoms with Gasteiger partial charge in [0.2, 0.25) is 0 Å². The van der Waals surface area contributed by atoms with Gasteiger partial charge >= 0.3 is 7.12 Å². The molecule has 13 heavy (non-hydrogen) atoms. The van der Waals surface area contributed by atoms with Crippen LogP contribution in [0.1, 0.15) is 19.5 Å². The lowest BCUT2D eigenvalue weighted by atomic mass is 9.78. The molecule has 1 aromatic heterocycles. The standard InChI is InChI=1S/C8H13BN2O2/c1-6(2)3-8-7(9(12)13)4-10-5-11-8/h4-6,12-13H,3H2,1-2H3. The molecule has 0 aliphatic carbocycles. The second kappa shape index (κ2) is 4.34. The van der Waals surface area contributed by atoms with E-state index in [1.165, 1.54) is 12.5 Å². The summed E-state index contributed by atoms with van der Waals surface area (Å²) >= 11 is 0. The van der Waals surface area contributed by atoms with E-state index in [1.807, 2.05) is 0 Å². The topological polar surface area (TPSA) is 66.2 Å². The molecule has 0 aliphatic heterocycles. The third kappa shape index (κ3) is 2.79. The number of aromatic nitrogens is 2. The van der Waals surface area contributed by atoms with Crippen LogP contribution in [0.5, 0.6) is 0 Å². The number of hydrogen-bond acceptors (Lipinski definition) is 4. The molecule has 1 aromatic rings. The third-order valence-corrected chi connectivity index (χ3v) is 1.71. The molecule has 0 bridgehead atoms. The first-order valence-corrected chi connectivity index (χ1v) is 4.26. The zero-order valence-corrected chi connectivity index (χ0v) is 7.81. The molecular weight excluding hydrogens is 167 g/mol. The van der Waals surface area contributed by atoms with Crippen molar-refractivity contribution >= 4 is 12.6 Å². The van der Waals surface area contributed by atoms with Crippen molar-refractivity contribution in [2.45, 2.75) is 20.3 Å². The molecule has 4 nitrogen and oxygen atoms in total. The minimum absolute atomic E-state index is 0.399. The van der Waals surface area contributed by atoms with E-state index in [-0.39, 0.29) is 0 Å². The Labute approximate surface area is 77.8 Å². The first-order chi connectivity index (χ1) is 6.11. The highest BCUT2D eigenvalue weighted by Crippen LogP contribution is 2.01. The van der Waals surface area contributed by atoms with E-state index in [0.717, 1.165) is 6.42 Å². The largest absolute Gasteiger partial charge is 0.491 e. The Hall–Kier alpha value is -0.935. The zero-order valence-electron chi connectivity index (χ0n) is 7.81. The van der Waals surface area contributed by atoms with Crippen molar-refractivity contribution in [1.29, 1.82) is 0 Å². The quantitative estimate of drug-likeness (QED) is 0.607. The van der Waals surface area contributed by atoms with Crippen molar-refractivity contribution < 1.29 is 10.0 Å². The summed E-state index contributed by atoms with van der Waals surface area (Å²) in [6.07, 6.45) is 3.59. The van der Waals surface area contributed by atoms with Gasteiger partial charge in [0.1, 0.15) is 6.33 Å². The SMILES string of the molecule is CC(C)Cc1ncncc1B(O)O. The van der Waals surface area contributed by atoms with Gasteiger partial charge in [-0.3, -0.25) is 0 Å². The summed E-state index contributed by atoms with van der Waals surface area (Å²) in [4.78, 5) is 7.75. The monoisotopic (exact) mass is 180 g/mol. The van der Waals surface area contributed by atoms with Crippen LogP contribution >= 0.6 is 0 Å². The van der Waals surface area contributed by atoms with Crippen molar-refractivity contribution in [3.63, 3.8) is 0 Å². The summed E-state index contributed by atoms with van der Waals surface area (Å²) < 4.78 is 0. The fourth-order valence-electron chi connectivity index (χ4n) is 1.14. The van der Waals surface area contributed by atoms with E-state index >= 15 is 0 Å². The van der Waals surface area contributed by atoms with Crippen molar-refractivity contribution in [3.05, 3.63) is 18.2 Å². The normalized spacial score (nSPS) is 10.5. The summed E-state index contributed by atoms with van der Waals surface area (Å²) in [6, 6.07) is 0. The van der Waals surface area contributed by atoms with Gasteiger partial charge in [-0.15, -0.1) is 0 Å². The van der Waals surface area contributed by atoms with Crippen LogP contribution in [0.15, 0.2) is 12.5 Å². The van der Waals surface area contributed by atoms with Crippen LogP contribution in [0.25, 0.3) is 0 Å². The average molecular weight is 180 g/mol. The molecule has 0 radical (unpaired) electrons. The second-order valence-corrected chi connectivity index (χ2v) is 3.40. The van der Waals surface area contributed by atoms with Gasteiger partial charge in [-0.1, -0.05) is 13.8 Å². The van der Waals surface area contributed by atoms with Crippen molar-refractivity contribution in [3.8, 4) is 0 Å². The minimum Gasteiger partial charge on any atom is -0.423 e. The van der Waals surface area contributed by atoms with E-state index in [1.54, 1.807) is 0 Å². The van der Waals surface area contributed by atoms with Crippen LogP contribution in [-0.2, 0) is 6.42 Å². The molecule has 0 aliphatic rings. The van der Waals surface area contributed by atoms with Gasteiger partial charge in [-0.2, -0.15) is 0 Å². The summed E-state index contributed by atoms with van der Waals surface area (Å²) in [6.45, 7) is 4.10. The van der Waals surface area contributed by atoms with Crippen LogP contribution < -0.4 is 5.46 Å². The maximum Gasteiger partial charge on any atom is 0.491 e. The third-order valence-electron chi connectivity index (χ3n) is 1.71. The highest BCUT2D eigenvalue weighted by atomic mass is 16.4. The van der Waals surface area contributed by atoms with Gasteiger partial charge < -0.3 is 10.0 Å². The Bertz CT molecular complexity index is 279. The van der Waals surface area contributed by atoms with Gasteiger partial charge in [0, 0.05) is 17.4 Å². The van der Waals surface area contributed by atoms with Gasteiger partial charge in [0.15, 0.2) is 0 Å². The molecular formula is C8H13BN2O2. The Morgan fingerprint density at radius 2 is 2.15 bits per heavy atom. The maximum absolute atomic E-state index is 8.99. The first kappa shape index (κ1) is 10.1. The van der Waals surface area contributed by atoms with Gasteiger partial charge in [0.25, 0.3) is 0 Å². The predicted octanol–water partition coefficient (Wildman–Crippen LogP) is -0.645. The minimum atomic E-state index is -1.48. The molecule has 70 valence electrons. The van der Waals surface area contributed by atoms with Crippen LogP contribution in [0.2, 0.25) is 0 Å². The summed E-state index contributed by atoms with van der Waals surface area (Å²) in [7, 11) is -1.48. The molecule has 0 fully saturated rings. The zero-order chi connectivity index (χ0) is 9.84. The summed E-state index contributed by atoms with van der Waals surface area (Å²) in [5, 5.41) is 18.0. The number of nitrogens with zero attached hydrogens (tertiary/aromatic N) is 2. The Morgan fingerprint density at radius 3 is 2.69 bits per heavy atom. The number of rotatable bonds is 3. The van der Waals surface area contributed by atoms with E-state index in [2.05, 4.69) is 23.8 Å². The number of hydrogen-bond donors (Lipinski definition) is 2. The van der Waals surface area contributed by atoms with Crippen LogP contribution in [-0.4, -0.2) is 27.1 Å². The molecule has 0 atom stereocenters. The molecule has 5 heteroatoms. The molecule has 0 spiro atoms. The highest BCUT2D eigenvalue weighted by molar-refractivity contribution is 6.58. The van der Waals surface area contributed by atoms with E-state index in [4.69, 9.17) is 10.0 Å². The maximum atomic E-state index is 8.99. The van der Waals surface area contributed by atoms with Gasteiger partial charge in [-0.25, -0.2) is 9.97 Å². The first-order valence-electron chi connectivity index (χ1n) is 4.26. The fourth-order valence-corrected chi connectivity index (χ4v) is 1.14. The molecule has 0 saturated heterocycles. The molecule has 2 N–H and O–H groups in total. The smallest absolute Gasteiger partial charge is 0.423 e. The van der Waals surface area contributed by atoms with Crippen molar-refractivity contribution in [2.75, 3.05) is 0 Å². The van der Waals surface area contributed by atoms with E-state index in [0.29, 0.717) is 17.1 Å². The van der Waals surface area contributed by atoms with Gasteiger partial charge in [0.05, 0.1) is 0 Å². The van der Waals surface area contributed by atoms with Crippen LogP contribution in [0, 0.1) is 5.92 Å². The average Bonchev–Trinajstić information content (AvgIpc) is 2.03. The molecule has 1 heterocycles. The predicted molar refractivity (Wildman–Crippen MR) is 50.4 cm³/mol. The molecule has 1 rings (SSSR count). The van der Waals surface area contributed by atoms with Gasteiger partial charge in [-0.05, 0) is 12.3 Å². The Morgan fingerprint density at radius 1 is 1.46 bits per heavy atom. The van der Waals surface area contributed by atoms with E-state index < -0.39 is 7.12 Å². The van der Waals surface area contributed by atoms with Crippen molar-refractivity contribution in [1.82, 2.24) is 9.97 Å². The van der Waals surface area contributed by atoms with Crippen LogP contribution in [0.3, 0.4) is 0 Å². The summed E-state index contributed by atoms with van der Waals surface area (Å²) in [5.41, 5.74) is 1.11. The Kier molecular flexibility index (Phi) is 3.39. The molecule has 0 amide bonds. The lowest BCUT2D eigenvalue weighted by molar-refractivity contribution is 0.424. The van der Waals surface area contributed by atoms with Crippen LogP contribution in [0.4, 0.5) is 0 Å². The molecule has 0 saturated carbocycles.